The maximum absolute atomic E-state index is 15.2. The number of carbonyl (C=O) groups excluding carboxylic acids is 5. The summed E-state index contributed by atoms with van der Waals surface area (Å²) in [6.45, 7) is 7.72. The molecule has 5 aromatic rings. The molecular formula is C63H81F3N10O6. The molecule has 1 aromatic heterocycles. The van der Waals surface area contributed by atoms with Crippen LogP contribution in [0.5, 0.6) is 0 Å². The minimum atomic E-state index is -0.656. The van der Waals surface area contributed by atoms with E-state index in [1.54, 1.807) is 40.1 Å². The Hall–Kier alpha value is -6.96. The quantitative estimate of drug-likeness (QED) is 0.0928. The lowest BCUT2D eigenvalue weighted by molar-refractivity contribution is -0.145. The molecule has 7 aliphatic rings. The van der Waals surface area contributed by atoms with E-state index in [1.807, 2.05) is 35.2 Å². The fourth-order valence-corrected chi connectivity index (χ4v) is 13.9. The van der Waals surface area contributed by atoms with E-state index < -0.39 is 29.4 Å². The number of aromatic nitrogens is 2. The van der Waals surface area contributed by atoms with Gasteiger partial charge < -0.3 is 35.1 Å². The van der Waals surface area contributed by atoms with Crippen LogP contribution in [-0.4, -0.2) is 173 Å². The van der Waals surface area contributed by atoms with Crippen molar-refractivity contribution in [2.45, 2.75) is 95.2 Å². The maximum atomic E-state index is 15.2. The summed E-state index contributed by atoms with van der Waals surface area (Å²) in [5.74, 6) is -1.72. The largest absolute Gasteiger partial charge is 0.341 e. The molecule has 19 heteroatoms. The summed E-state index contributed by atoms with van der Waals surface area (Å²) in [7, 11) is 0. The lowest BCUT2D eigenvalue weighted by Gasteiger charge is -2.52. The second-order valence-electron chi connectivity index (χ2n) is 23.8. The van der Waals surface area contributed by atoms with Crippen LogP contribution in [0.4, 0.5) is 13.2 Å². The molecule has 2 bridgehead atoms. The van der Waals surface area contributed by atoms with Gasteiger partial charge in [0.25, 0.3) is 17.4 Å². The van der Waals surface area contributed by atoms with Crippen LogP contribution in [0.15, 0.2) is 89.7 Å². The number of fused-ring (bicyclic) bond motifs is 4. The van der Waals surface area contributed by atoms with Crippen molar-refractivity contribution in [1.82, 2.24) is 50.2 Å². The van der Waals surface area contributed by atoms with Crippen LogP contribution < -0.4 is 16.2 Å². The average molecular weight is 1130 g/mol. The molecule has 440 valence electrons. The zero-order chi connectivity index (χ0) is 56.9. The van der Waals surface area contributed by atoms with Gasteiger partial charge in [-0.2, -0.15) is 5.10 Å². The third-order valence-corrected chi connectivity index (χ3v) is 18.6. The molecule has 2 aliphatic carbocycles. The number of aromatic amines is 1. The van der Waals surface area contributed by atoms with Crippen LogP contribution in [0.2, 0.25) is 0 Å². The van der Waals surface area contributed by atoms with Gasteiger partial charge in [-0.15, -0.1) is 0 Å². The number of rotatable bonds is 16. The monoisotopic (exact) mass is 1130 g/mol. The highest BCUT2D eigenvalue weighted by molar-refractivity contribution is 5.98. The number of benzene rings is 4. The molecule has 0 radical (unpaired) electrons. The van der Waals surface area contributed by atoms with Crippen molar-refractivity contribution in [3.05, 3.63) is 146 Å². The zero-order valence-electron chi connectivity index (χ0n) is 46.6. The number of hydrogen-bond acceptors (Lipinski definition) is 10. The molecule has 6 heterocycles. The van der Waals surface area contributed by atoms with Crippen molar-refractivity contribution in [3.8, 4) is 0 Å². The van der Waals surface area contributed by atoms with Crippen molar-refractivity contribution in [2.75, 3.05) is 91.6 Å². The number of hydrogen-bond donors (Lipinski definition) is 3. The van der Waals surface area contributed by atoms with Gasteiger partial charge in [0, 0.05) is 130 Å². The van der Waals surface area contributed by atoms with Crippen molar-refractivity contribution in [2.24, 2.45) is 17.8 Å². The molecule has 82 heavy (non-hydrogen) atoms. The number of amides is 5. The summed E-state index contributed by atoms with van der Waals surface area (Å²) >= 11 is 0. The third-order valence-electron chi connectivity index (χ3n) is 18.6. The molecule has 5 amide bonds. The smallest absolute Gasteiger partial charge is 0.272 e. The second kappa shape index (κ2) is 25.7. The first-order valence-electron chi connectivity index (χ1n) is 29.7. The highest BCUT2D eigenvalue weighted by atomic mass is 19.1. The van der Waals surface area contributed by atoms with Gasteiger partial charge in [0.05, 0.1) is 29.7 Å². The number of piperidine rings is 3. The molecule has 0 spiro atoms. The average Bonchev–Trinajstić information content (AvgIpc) is 3.70. The summed E-state index contributed by atoms with van der Waals surface area (Å²) in [6.07, 6.45) is 9.91. The number of nitrogens with one attached hydrogen (secondary N) is 3. The molecule has 5 aliphatic heterocycles. The molecule has 7 fully saturated rings. The summed E-state index contributed by atoms with van der Waals surface area (Å²) < 4.78 is 42.7. The normalized spacial score (nSPS) is 22.3. The predicted molar refractivity (Wildman–Crippen MR) is 310 cm³/mol. The first kappa shape index (κ1) is 56.9. The Bertz CT molecular complexity index is 3230. The molecule has 16 nitrogen and oxygen atoms in total. The summed E-state index contributed by atoms with van der Waals surface area (Å²) in [5, 5.41) is 14.3. The first-order valence-corrected chi connectivity index (χ1v) is 29.7. The fraction of sp³-hybridized carbons (Fsp3) is 0.508. The van der Waals surface area contributed by atoms with Crippen molar-refractivity contribution >= 4 is 40.3 Å². The van der Waals surface area contributed by atoms with Crippen LogP contribution >= 0.6 is 0 Å². The van der Waals surface area contributed by atoms with Crippen molar-refractivity contribution in [3.63, 3.8) is 0 Å². The van der Waals surface area contributed by atoms with Crippen molar-refractivity contribution in [1.29, 1.82) is 0 Å². The molecule has 4 aromatic carbocycles. The molecule has 2 saturated carbocycles. The standard InChI is InChI=1S/C63H75F3N10O6.3H2/c64-49-18-16-45(55(66)34-49)35-67-36-57(77)75-21-7-12-46(38-75)43-10-6-11-44(32-43)60(79)68-59(42-8-2-1-3-9-42)63(82)76-39-47-17-19-50(76)33-48(47)37-71-22-24-72(25-23-71)40-58(78)73-26-28-74(29-27-73)62(81)53-30-41(15-20-54(53)65)31-56-51-13-4-5-14-52(51)61(80)70-69-56;;;/h4-6,10-11,13-16,18,20,30,32,34,42,46-48,50,59,67H,1-3,7-9,12,17,19,21-29,31,33,35-40H2,(H,68,79)(H,70,80);3*1H/t46?,47?,48?,50?,59-;;;/m1.../s1. The van der Waals surface area contributed by atoms with E-state index in [4.69, 9.17) is 0 Å². The number of H-pyrrole nitrogens is 1. The Morgan fingerprint density at radius 3 is 2.23 bits per heavy atom. The minimum absolute atomic E-state index is 0. The fourth-order valence-electron chi connectivity index (χ4n) is 13.9. The van der Waals surface area contributed by atoms with E-state index in [0.29, 0.717) is 98.2 Å². The number of piperazine rings is 2. The van der Waals surface area contributed by atoms with E-state index in [-0.39, 0.29) is 75.6 Å². The van der Waals surface area contributed by atoms with Gasteiger partial charge in [0.1, 0.15) is 23.5 Å². The van der Waals surface area contributed by atoms with Gasteiger partial charge in [-0.25, -0.2) is 18.3 Å². The van der Waals surface area contributed by atoms with E-state index in [1.165, 1.54) is 18.2 Å². The molecule has 5 saturated heterocycles. The topological polar surface area (TPSA) is 175 Å². The van der Waals surface area contributed by atoms with Crippen molar-refractivity contribution < 1.29 is 41.4 Å². The minimum Gasteiger partial charge on any atom is -0.341 e. The van der Waals surface area contributed by atoms with Gasteiger partial charge in [0.15, 0.2) is 0 Å². The van der Waals surface area contributed by atoms with Gasteiger partial charge in [-0.3, -0.25) is 33.7 Å². The van der Waals surface area contributed by atoms with Gasteiger partial charge in [-0.05, 0) is 110 Å². The number of nitrogens with zero attached hydrogens (tertiary/aromatic N) is 7. The SMILES string of the molecule is O=C(N[C@@H](C(=O)N1CC2CCC1CC2CN1CCN(CC(=O)N2CCN(C(=O)c3cc(Cc4n[nH]c(=O)c5ccccc45)ccc3F)CC2)CC1)C1CCCCC1)c1cccc(C2CCCN(C(=O)CNCc3ccc(F)cc3F)C2)c1.[HH].[HH].[HH]. The van der Waals surface area contributed by atoms with Crippen LogP contribution in [0, 0.1) is 35.2 Å². The maximum Gasteiger partial charge on any atom is 0.272 e. The Kier molecular flexibility index (Phi) is 17.8. The third kappa shape index (κ3) is 13.1. The van der Waals surface area contributed by atoms with E-state index >= 15 is 4.39 Å². The number of carbonyl (C=O) groups is 5. The number of halogens is 3. The van der Waals surface area contributed by atoms with Gasteiger partial charge >= 0.3 is 0 Å². The summed E-state index contributed by atoms with van der Waals surface area (Å²) in [5.41, 5.74) is 2.74. The molecular weight excluding hydrogens is 1050 g/mol. The first-order chi connectivity index (χ1) is 39.8. The Morgan fingerprint density at radius 2 is 1.46 bits per heavy atom. The van der Waals surface area contributed by atoms with E-state index in [0.717, 1.165) is 109 Å². The lowest BCUT2D eigenvalue weighted by Crippen LogP contribution is -2.62. The van der Waals surface area contributed by atoms with Crippen LogP contribution in [-0.2, 0) is 27.3 Å². The van der Waals surface area contributed by atoms with Crippen LogP contribution in [0.3, 0.4) is 0 Å². The Balaban J connectivity index is 0.00000313. The highest BCUT2D eigenvalue weighted by Crippen LogP contribution is 2.41. The van der Waals surface area contributed by atoms with Gasteiger partial charge in [0.2, 0.25) is 17.7 Å². The Morgan fingerprint density at radius 1 is 0.695 bits per heavy atom. The second-order valence-corrected chi connectivity index (χ2v) is 23.8. The lowest BCUT2D eigenvalue weighted by atomic mass is 9.71. The summed E-state index contributed by atoms with van der Waals surface area (Å²) in [6, 6.07) is 22.1. The molecule has 3 N–H and O–H groups in total. The Labute approximate surface area is 481 Å². The molecule has 4 unspecified atom stereocenters. The van der Waals surface area contributed by atoms with Crippen LogP contribution in [0.1, 0.15) is 118 Å². The number of likely N-dealkylation sites (tertiary alicyclic amines) is 1. The zero-order valence-corrected chi connectivity index (χ0v) is 46.6. The predicted octanol–water partition coefficient (Wildman–Crippen LogP) is 7.07. The summed E-state index contributed by atoms with van der Waals surface area (Å²) in [4.78, 5) is 94.0. The molecule has 5 atom stereocenters. The van der Waals surface area contributed by atoms with E-state index in [2.05, 4.69) is 35.5 Å². The highest BCUT2D eigenvalue weighted by Gasteiger charge is 2.46. The van der Waals surface area contributed by atoms with E-state index in [9.17, 15) is 37.5 Å². The molecule has 12 rings (SSSR count). The van der Waals surface area contributed by atoms with Crippen LogP contribution in [0.25, 0.3) is 10.8 Å². The van der Waals surface area contributed by atoms with Gasteiger partial charge in [-0.1, -0.05) is 61.7 Å².